The van der Waals surface area contributed by atoms with Gasteiger partial charge in [0.1, 0.15) is 18.1 Å². The SMILES string of the molecule is C(#CC1CNN(CCN2CCNC2)C1)C1=NCNc2nc[nH]c21. The molecule has 0 amide bonds. The lowest BCUT2D eigenvalue weighted by Crippen LogP contribution is -2.38. The van der Waals surface area contributed by atoms with Crippen molar-refractivity contribution >= 4 is 11.5 Å². The van der Waals surface area contributed by atoms with Crippen molar-refractivity contribution in [3.8, 4) is 11.8 Å². The summed E-state index contributed by atoms with van der Waals surface area (Å²) in [7, 11) is 0. The average molecular weight is 314 g/mol. The summed E-state index contributed by atoms with van der Waals surface area (Å²) in [5.74, 6) is 7.76. The van der Waals surface area contributed by atoms with Crippen molar-refractivity contribution in [3.05, 3.63) is 12.0 Å². The third-order valence-electron chi connectivity index (χ3n) is 4.38. The van der Waals surface area contributed by atoms with E-state index in [9.17, 15) is 0 Å². The Kier molecular flexibility index (Phi) is 4.26. The van der Waals surface area contributed by atoms with Gasteiger partial charge in [-0.3, -0.25) is 15.3 Å². The summed E-state index contributed by atoms with van der Waals surface area (Å²) in [4.78, 5) is 14.2. The number of nitrogens with zero attached hydrogens (tertiary/aromatic N) is 4. The molecule has 2 fully saturated rings. The van der Waals surface area contributed by atoms with Gasteiger partial charge in [-0.05, 0) is 5.92 Å². The second-order valence-electron chi connectivity index (χ2n) is 6.02. The van der Waals surface area contributed by atoms with E-state index in [4.69, 9.17) is 0 Å². The maximum atomic E-state index is 4.42. The zero-order chi connectivity index (χ0) is 15.5. The zero-order valence-electron chi connectivity index (χ0n) is 13.1. The van der Waals surface area contributed by atoms with Gasteiger partial charge in [0.15, 0.2) is 5.82 Å². The summed E-state index contributed by atoms with van der Waals surface area (Å²) in [6.07, 6.45) is 1.67. The van der Waals surface area contributed by atoms with Crippen LogP contribution < -0.4 is 16.1 Å². The van der Waals surface area contributed by atoms with Crippen LogP contribution in [0, 0.1) is 17.8 Å². The number of hydrogen-bond donors (Lipinski definition) is 4. The van der Waals surface area contributed by atoms with Crippen LogP contribution in [0.25, 0.3) is 0 Å². The summed E-state index contributed by atoms with van der Waals surface area (Å²) < 4.78 is 0. The normalized spacial score (nSPS) is 24.7. The van der Waals surface area contributed by atoms with Crippen molar-refractivity contribution in [2.75, 3.05) is 57.9 Å². The topological polar surface area (TPSA) is 83.6 Å². The highest BCUT2D eigenvalue weighted by molar-refractivity contribution is 6.15. The molecule has 0 aromatic carbocycles. The highest BCUT2D eigenvalue weighted by Gasteiger charge is 2.22. The Bertz CT molecular complexity index is 633. The Balaban J connectivity index is 1.30. The Morgan fingerprint density at radius 1 is 1.35 bits per heavy atom. The summed E-state index contributed by atoms with van der Waals surface area (Å²) >= 11 is 0. The van der Waals surface area contributed by atoms with E-state index in [1.54, 1.807) is 6.33 Å². The number of imidazole rings is 1. The van der Waals surface area contributed by atoms with E-state index in [1.807, 2.05) is 0 Å². The number of fused-ring (bicyclic) bond motifs is 1. The predicted octanol–water partition coefficient (Wildman–Crippen LogP) is -1.12. The van der Waals surface area contributed by atoms with Gasteiger partial charge in [-0.2, -0.15) is 0 Å². The minimum Gasteiger partial charge on any atom is -0.349 e. The van der Waals surface area contributed by atoms with Crippen molar-refractivity contribution in [2.24, 2.45) is 10.9 Å². The number of aliphatic imine (C=N–C) groups is 1. The molecule has 1 aromatic heterocycles. The first kappa shape index (κ1) is 14.7. The van der Waals surface area contributed by atoms with Crippen LogP contribution in [0.2, 0.25) is 0 Å². The molecule has 2 saturated heterocycles. The van der Waals surface area contributed by atoms with Crippen LogP contribution in [0.4, 0.5) is 5.82 Å². The van der Waals surface area contributed by atoms with E-state index in [1.165, 1.54) is 0 Å². The van der Waals surface area contributed by atoms with Gasteiger partial charge in [-0.1, -0.05) is 5.92 Å². The Morgan fingerprint density at radius 2 is 2.35 bits per heavy atom. The van der Waals surface area contributed by atoms with Gasteiger partial charge >= 0.3 is 0 Å². The van der Waals surface area contributed by atoms with Gasteiger partial charge in [-0.25, -0.2) is 9.99 Å². The number of hydrazine groups is 1. The lowest BCUT2D eigenvalue weighted by molar-refractivity contribution is 0.207. The first-order valence-corrected chi connectivity index (χ1v) is 8.13. The molecule has 8 nitrogen and oxygen atoms in total. The number of aromatic amines is 1. The van der Waals surface area contributed by atoms with Crippen molar-refractivity contribution < 1.29 is 0 Å². The standard InChI is InChI=1S/C15H22N8/c1(2-13-14-15(19-9-17-13)20-10-18-14)12-7-21-23(8-12)6-5-22-4-3-16-11-22/h10,12,16,19,21H,3-9,11H2,(H,18,20). The van der Waals surface area contributed by atoms with Crippen molar-refractivity contribution in [1.29, 1.82) is 0 Å². The van der Waals surface area contributed by atoms with E-state index < -0.39 is 0 Å². The number of rotatable bonds is 3. The fourth-order valence-electron chi connectivity index (χ4n) is 3.06. The molecule has 8 heteroatoms. The zero-order valence-corrected chi connectivity index (χ0v) is 13.1. The molecule has 0 bridgehead atoms. The number of aromatic nitrogens is 2. The molecule has 4 rings (SSSR count). The molecule has 3 aliphatic heterocycles. The van der Waals surface area contributed by atoms with Crippen LogP contribution in [-0.2, 0) is 0 Å². The highest BCUT2D eigenvalue weighted by Crippen LogP contribution is 2.14. The van der Waals surface area contributed by atoms with E-state index >= 15 is 0 Å². The monoisotopic (exact) mass is 314 g/mol. The van der Waals surface area contributed by atoms with Crippen LogP contribution in [-0.4, -0.2) is 78.2 Å². The average Bonchev–Trinajstić information content (AvgIpc) is 3.31. The van der Waals surface area contributed by atoms with Gasteiger partial charge < -0.3 is 15.6 Å². The molecule has 122 valence electrons. The molecular formula is C15H22N8. The summed E-state index contributed by atoms with van der Waals surface area (Å²) in [6.45, 7) is 7.82. The lowest BCUT2D eigenvalue weighted by Gasteiger charge is -2.19. The smallest absolute Gasteiger partial charge is 0.155 e. The van der Waals surface area contributed by atoms with Gasteiger partial charge in [0.25, 0.3) is 0 Å². The quantitative estimate of drug-likeness (QED) is 0.529. The number of anilines is 1. The fourth-order valence-corrected chi connectivity index (χ4v) is 3.06. The van der Waals surface area contributed by atoms with Crippen LogP contribution in [0.3, 0.4) is 0 Å². The fraction of sp³-hybridized carbons (Fsp3) is 0.600. The van der Waals surface area contributed by atoms with Gasteiger partial charge in [0, 0.05) is 51.9 Å². The van der Waals surface area contributed by atoms with E-state index in [0.29, 0.717) is 12.6 Å². The second-order valence-corrected chi connectivity index (χ2v) is 6.02. The summed E-state index contributed by atoms with van der Waals surface area (Å²) in [5, 5.41) is 8.76. The molecule has 0 spiro atoms. The first-order chi connectivity index (χ1) is 11.4. The van der Waals surface area contributed by atoms with Gasteiger partial charge in [-0.15, -0.1) is 0 Å². The van der Waals surface area contributed by atoms with Gasteiger partial charge in [0.05, 0.1) is 6.33 Å². The maximum Gasteiger partial charge on any atom is 0.155 e. The molecule has 3 aliphatic rings. The van der Waals surface area contributed by atoms with Crippen molar-refractivity contribution in [1.82, 2.24) is 30.6 Å². The van der Waals surface area contributed by atoms with Crippen LogP contribution in [0.5, 0.6) is 0 Å². The van der Waals surface area contributed by atoms with Crippen LogP contribution >= 0.6 is 0 Å². The second kappa shape index (κ2) is 6.68. The molecule has 1 atom stereocenters. The third kappa shape index (κ3) is 3.38. The Labute approximate surface area is 135 Å². The molecule has 23 heavy (non-hydrogen) atoms. The molecule has 4 N–H and O–H groups in total. The first-order valence-electron chi connectivity index (χ1n) is 8.13. The molecule has 0 saturated carbocycles. The van der Waals surface area contributed by atoms with Crippen LogP contribution in [0.1, 0.15) is 5.69 Å². The van der Waals surface area contributed by atoms with E-state index in [2.05, 4.69) is 52.8 Å². The highest BCUT2D eigenvalue weighted by atomic mass is 15.5. The van der Waals surface area contributed by atoms with E-state index in [0.717, 1.165) is 63.2 Å². The van der Waals surface area contributed by atoms with Crippen LogP contribution in [0.15, 0.2) is 11.3 Å². The number of hydrogen-bond acceptors (Lipinski definition) is 7. The van der Waals surface area contributed by atoms with Crippen molar-refractivity contribution in [2.45, 2.75) is 0 Å². The summed E-state index contributed by atoms with van der Waals surface area (Å²) in [5.41, 5.74) is 5.14. The number of H-pyrrole nitrogens is 1. The molecule has 4 heterocycles. The largest absolute Gasteiger partial charge is 0.349 e. The summed E-state index contributed by atoms with van der Waals surface area (Å²) in [6, 6.07) is 0. The van der Waals surface area contributed by atoms with E-state index in [-0.39, 0.29) is 0 Å². The molecular weight excluding hydrogens is 292 g/mol. The maximum absolute atomic E-state index is 4.42. The predicted molar refractivity (Wildman–Crippen MR) is 88.9 cm³/mol. The Hall–Kier alpha value is -1.92. The molecule has 0 radical (unpaired) electrons. The molecule has 1 aromatic rings. The van der Waals surface area contributed by atoms with Crippen molar-refractivity contribution in [3.63, 3.8) is 0 Å². The minimum atomic E-state index is 0.343. The Morgan fingerprint density at radius 3 is 3.26 bits per heavy atom. The van der Waals surface area contributed by atoms with Gasteiger partial charge in [0.2, 0.25) is 0 Å². The third-order valence-corrected chi connectivity index (χ3v) is 4.38. The lowest BCUT2D eigenvalue weighted by atomic mass is 10.1. The number of nitrogens with one attached hydrogen (secondary N) is 4. The molecule has 0 aliphatic carbocycles. The minimum absolute atomic E-state index is 0.343. The molecule has 1 unspecified atom stereocenters.